The summed E-state index contributed by atoms with van der Waals surface area (Å²) in [6.07, 6.45) is 6.77. The lowest BCUT2D eigenvalue weighted by Gasteiger charge is -2.36. The van der Waals surface area contributed by atoms with Crippen molar-refractivity contribution in [2.24, 2.45) is 17.8 Å². The van der Waals surface area contributed by atoms with Gasteiger partial charge in [-0.05, 0) is 94.2 Å². The highest BCUT2D eigenvalue weighted by Crippen LogP contribution is 2.32. The highest BCUT2D eigenvalue weighted by Gasteiger charge is 2.32. The van der Waals surface area contributed by atoms with Crippen molar-refractivity contribution in [1.82, 2.24) is 9.62 Å². The molecule has 1 saturated carbocycles. The average Bonchev–Trinajstić information content (AvgIpc) is 2.83. The van der Waals surface area contributed by atoms with Crippen LogP contribution in [0.1, 0.15) is 60.8 Å². The second kappa shape index (κ2) is 11.3. The Hall–Kier alpha value is -2.18. The molecule has 4 rings (SSSR count). The molecule has 0 unspecified atom stereocenters. The first-order chi connectivity index (χ1) is 16.7. The zero-order valence-corrected chi connectivity index (χ0v) is 22.2. The van der Waals surface area contributed by atoms with E-state index in [0.29, 0.717) is 23.3 Å². The number of carbonyl (C=O) groups excluding carboxylic acids is 1. The maximum Gasteiger partial charge on any atom is 0.241 e. The molecule has 6 heteroatoms. The van der Waals surface area contributed by atoms with Crippen molar-refractivity contribution in [2.75, 3.05) is 19.6 Å². The first kappa shape index (κ1) is 25.9. The Morgan fingerprint density at radius 2 is 1.49 bits per heavy atom. The van der Waals surface area contributed by atoms with Crippen LogP contribution in [0.2, 0.25) is 0 Å². The molecule has 1 amide bonds. The van der Waals surface area contributed by atoms with Crippen LogP contribution in [-0.4, -0.2) is 38.9 Å². The van der Waals surface area contributed by atoms with Crippen molar-refractivity contribution in [1.29, 1.82) is 0 Å². The molecule has 2 aromatic rings. The summed E-state index contributed by atoms with van der Waals surface area (Å²) < 4.78 is 28.8. The van der Waals surface area contributed by atoms with E-state index in [1.165, 1.54) is 5.56 Å². The molecule has 1 saturated heterocycles. The molecular weight excluding hydrogens is 456 g/mol. The summed E-state index contributed by atoms with van der Waals surface area (Å²) in [7, 11) is -3.54. The third kappa shape index (κ3) is 6.53. The fourth-order valence-electron chi connectivity index (χ4n) is 6.07. The van der Waals surface area contributed by atoms with Crippen LogP contribution in [0.25, 0.3) is 0 Å². The van der Waals surface area contributed by atoms with Gasteiger partial charge in [-0.15, -0.1) is 0 Å². The van der Waals surface area contributed by atoms with E-state index in [1.54, 1.807) is 0 Å². The number of nitrogens with one attached hydrogen (secondary N) is 1. The summed E-state index contributed by atoms with van der Waals surface area (Å²) in [5.74, 6) is 1.35. The molecule has 2 aliphatic rings. The maximum atomic E-state index is 13.1. The number of hydrogen-bond donors (Lipinski definition) is 1. The van der Waals surface area contributed by atoms with Gasteiger partial charge in [0.15, 0.2) is 0 Å². The third-order valence-corrected chi connectivity index (χ3v) is 9.65. The lowest BCUT2D eigenvalue weighted by atomic mass is 9.81. The van der Waals surface area contributed by atoms with E-state index in [2.05, 4.69) is 40.0 Å². The molecule has 190 valence electrons. The van der Waals surface area contributed by atoms with E-state index in [-0.39, 0.29) is 11.8 Å². The molecule has 1 heterocycles. The fraction of sp³-hybridized carbons (Fsp3) is 0.552. The van der Waals surface area contributed by atoms with Gasteiger partial charge in [0.1, 0.15) is 0 Å². The predicted octanol–water partition coefficient (Wildman–Crippen LogP) is 5.18. The predicted molar refractivity (Wildman–Crippen MR) is 141 cm³/mol. The third-order valence-electron chi connectivity index (χ3n) is 7.92. The summed E-state index contributed by atoms with van der Waals surface area (Å²) in [6, 6.07) is 14.5. The van der Waals surface area contributed by atoms with Gasteiger partial charge < -0.3 is 4.90 Å². The van der Waals surface area contributed by atoms with E-state index in [1.807, 2.05) is 32.9 Å². The Labute approximate surface area is 211 Å². The number of piperidine rings is 1. The van der Waals surface area contributed by atoms with Crippen LogP contribution < -0.4 is 4.72 Å². The van der Waals surface area contributed by atoms with Crippen LogP contribution in [0, 0.1) is 38.5 Å². The zero-order chi connectivity index (χ0) is 25.0. The molecule has 0 spiro atoms. The normalized spacial score (nSPS) is 21.7. The molecule has 2 fully saturated rings. The van der Waals surface area contributed by atoms with Gasteiger partial charge in [-0.25, -0.2) is 13.1 Å². The number of aryl methyl sites for hydroxylation is 3. The molecule has 1 aliphatic heterocycles. The van der Waals surface area contributed by atoms with Crippen molar-refractivity contribution in [3.63, 3.8) is 0 Å². The summed E-state index contributed by atoms with van der Waals surface area (Å²) in [6.45, 7) is 7.87. The van der Waals surface area contributed by atoms with Gasteiger partial charge in [-0.3, -0.25) is 4.79 Å². The number of likely N-dealkylation sites (tertiary alicyclic amines) is 1. The molecular formula is C29H40N2O3S. The van der Waals surface area contributed by atoms with Crippen LogP contribution in [0.3, 0.4) is 0 Å². The first-order valence-corrected chi connectivity index (χ1v) is 14.6. The topological polar surface area (TPSA) is 66.5 Å². The zero-order valence-electron chi connectivity index (χ0n) is 21.4. The van der Waals surface area contributed by atoms with Crippen molar-refractivity contribution in [3.05, 3.63) is 64.7 Å². The summed E-state index contributed by atoms with van der Waals surface area (Å²) >= 11 is 0. The Kier molecular flexibility index (Phi) is 8.33. The monoisotopic (exact) mass is 496 g/mol. The molecule has 35 heavy (non-hydrogen) atoms. The molecule has 2 aromatic carbocycles. The lowest BCUT2D eigenvalue weighted by molar-refractivity contribution is -0.138. The number of benzene rings is 2. The fourth-order valence-corrected chi connectivity index (χ4v) is 7.63. The Balaban J connectivity index is 1.22. The van der Waals surface area contributed by atoms with Crippen molar-refractivity contribution in [3.8, 4) is 0 Å². The minimum atomic E-state index is -3.54. The largest absolute Gasteiger partial charge is 0.342 e. The van der Waals surface area contributed by atoms with Gasteiger partial charge in [0.25, 0.3) is 0 Å². The summed E-state index contributed by atoms with van der Waals surface area (Å²) in [5.41, 5.74) is 4.04. The minimum absolute atomic E-state index is 0.0927. The van der Waals surface area contributed by atoms with Crippen LogP contribution in [0.4, 0.5) is 0 Å². The summed E-state index contributed by atoms with van der Waals surface area (Å²) in [5, 5.41) is 0. The van der Waals surface area contributed by atoms with E-state index in [4.69, 9.17) is 0 Å². The van der Waals surface area contributed by atoms with E-state index in [9.17, 15) is 13.2 Å². The number of rotatable bonds is 7. The Morgan fingerprint density at radius 1 is 0.886 bits per heavy atom. The lowest BCUT2D eigenvalue weighted by Crippen LogP contribution is -2.43. The molecule has 1 N–H and O–H groups in total. The quantitative estimate of drug-likeness (QED) is 0.575. The average molecular weight is 497 g/mol. The smallest absolute Gasteiger partial charge is 0.241 e. The van der Waals surface area contributed by atoms with E-state index >= 15 is 0 Å². The Morgan fingerprint density at radius 3 is 2.09 bits per heavy atom. The molecule has 0 radical (unpaired) electrons. The highest BCUT2D eigenvalue weighted by atomic mass is 32.2. The van der Waals surface area contributed by atoms with E-state index < -0.39 is 10.0 Å². The van der Waals surface area contributed by atoms with Crippen LogP contribution in [-0.2, 0) is 21.2 Å². The van der Waals surface area contributed by atoms with Crippen LogP contribution in [0.15, 0.2) is 47.4 Å². The van der Waals surface area contributed by atoms with Crippen molar-refractivity contribution < 1.29 is 13.2 Å². The number of sulfonamides is 1. The number of hydrogen-bond acceptors (Lipinski definition) is 3. The molecule has 5 nitrogen and oxygen atoms in total. The number of nitrogens with zero attached hydrogens (tertiary/aromatic N) is 1. The van der Waals surface area contributed by atoms with Gasteiger partial charge >= 0.3 is 0 Å². The van der Waals surface area contributed by atoms with Crippen LogP contribution >= 0.6 is 0 Å². The first-order valence-electron chi connectivity index (χ1n) is 13.1. The molecule has 1 aliphatic carbocycles. The van der Waals surface area contributed by atoms with Crippen molar-refractivity contribution >= 4 is 15.9 Å². The number of carbonyl (C=O) groups is 1. The molecule has 0 aromatic heterocycles. The van der Waals surface area contributed by atoms with Gasteiger partial charge in [0.2, 0.25) is 15.9 Å². The standard InChI is InChI=1S/C29H40N2O3S/c1-21-17-22(2)28(23(3)18-21)35(33,34)30-20-26-9-11-27(12-10-26)29(32)31-15-13-25(14-16-31)19-24-7-5-4-6-8-24/h4-8,17-18,25-27,30H,9-16,19-20H2,1-3H3. The van der Waals surface area contributed by atoms with Gasteiger partial charge in [-0.1, -0.05) is 48.0 Å². The van der Waals surface area contributed by atoms with Crippen molar-refractivity contribution in [2.45, 2.75) is 70.6 Å². The summed E-state index contributed by atoms with van der Waals surface area (Å²) in [4.78, 5) is 15.6. The molecule has 0 bridgehead atoms. The van der Waals surface area contributed by atoms with Gasteiger partial charge in [0.05, 0.1) is 4.90 Å². The number of amides is 1. The maximum absolute atomic E-state index is 13.1. The Bertz CT molecular complexity index is 1090. The second-order valence-corrected chi connectivity index (χ2v) is 12.5. The highest BCUT2D eigenvalue weighted by molar-refractivity contribution is 7.89. The SMILES string of the molecule is Cc1cc(C)c(S(=O)(=O)NCC2CCC(C(=O)N3CCC(Cc4ccccc4)CC3)CC2)c(C)c1. The second-order valence-electron chi connectivity index (χ2n) is 10.8. The molecule has 0 atom stereocenters. The minimum Gasteiger partial charge on any atom is -0.342 e. The van der Waals surface area contributed by atoms with Gasteiger partial charge in [0, 0.05) is 25.6 Å². The van der Waals surface area contributed by atoms with Gasteiger partial charge in [-0.2, -0.15) is 0 Å². The van der Waals surface area contributed by atoms with E-state index in [0.717, 1.165) is 74.7 Å². The van der Waals surface area contributed by atoms with Crippen LogP contribution in [0.5, 0.6) is 0 Å².